The van der Waals surface area contributed by atoms with Gasteiger partial charge >= 0.3 is 0 Å². The topological polar surface area (TPSA) is 70.8 Å². The minimum Gasteiger partial charge on any atom is -0.379 e. The molecular weight excluding hydrogens is 366 g/mol. The van der Waals surface area contributed by atoms with Crippen LogP contribution in [0.5, 0.6) is 0 Å². The quantitative estimate of drug-likeness (QED) is 0.594. The molecule has 0 unspecified atom stereocenters. The molecule has 1 aromatic heterocycles. The smallest absolute Gasteiger partial charge is 0.194 e. The van der Waals surface area contributed by atoms with Crippen LogP contribution in [-0.2, 0) is 18.3 Å². The van der Waals surface area contributed by atoms with Crippen LogP contribution in [0, 0.1) is 12.3 Å². The van der Waals surface area contributed by atoms with E-state index < -0.39 is 0 Å². The van der Waals surface area contributed by atoms with Crippen LogP contribution in [0.2, 0.25) is 0 Å². The maximum atomic E-state index is 5.46. The molecule has 1 N–H and O–H groups in total. The zero-order valence-corrected chi connectivity index (χ0v) is 18.2. The lowest BCUT2D eigenvalue weighted by Crippen LogP contribution is -2.46. The van der Waals surface area contributed by atoms with Gasteiger partial charge in [0.1, 0.15) is 12.4 Å². The highest BCUT2D eigenvalue weighted by molar-refractivity contribution is 5.80. The van der Waals surface area contributed by atoms with Crippen LogP contribution in [0.4, 0.5) is 0 Å². The highest BCUT2D eigenvalue weighted by Crippen LogP contribution is 2.43. The average molecular weight is 404 g/mol. The van der Waals surface area contributed by atoms with E-state index in [1.807, 2.05) is 18.5 Å². The van der Waals surface area contributed by atoms with Gasteiger partial charge in [-0.3, -0.25) is 4.90 Å². The lowest BCUT2D eigenvalue weighted by molar-refractivity contribution is 0.0388. The van der Waals surface area contributed by atoms with Crippen LogP contribution in [0.25, 0.3) is 0 Å². The second kappa shape index (κ2) is 9.43. The molecule has 162 valence electrons. The number of hydrogen-bond acceptors (Lipinski definition) is 5. The van der Waals surface area contributed by atoms with E-state index in [9.17, 15) is 0 Å². The van der Waals surface area contributed by atoms with Crippen LogP contribution in [0.15, 0.2) is 4.99 Å². The van der Waals surface area contributed by atoms with Gasteiger partial charge in [-0.25, -0.2) is 4.99 Å². The summed E-state index contributed by atoms with van der Waals surface area (Å²) in [5.74, 6) is 2.89. The molecular formula is C21H37N7O. The summed E-state index contributed by atoms with van der Waals surface area (Å²) in [6.45, 7) is 10.5. The molecule has 1 saturated carbocycles. The van der Waals surface area contributed by atoms with Gasteiger partial charge in [-0.05, 0) is 31.6 Å². The minimum atomic E-state index is 0.520. The van der Waals surface area contributed by atoms with Gasteiger partial charge in [-0.2, -0.15) is 0 Å². The Morgan fingerprint density at radius 1 is 1.10 bits per heavy atom. The summed E-state index contributed by atoms with van der Waals surface area (Å²) in [6.07, 6.45) is 8.26. The number of morpholine rings is 1. The fraction of sp³-hybridized carbons (Fsp3) is 0.857. The van der Waals surface area contributed by atoms with E-state index in [4.69, 9.17) is 9.73 Å². The van der Waals surface area contributed by atoms with Gasteiger partial charge in [-0.15, -0.1) is 10.2 Å². The van der Waals surface area contributed by atoms with Crippen molar-refractivity contribution in [3.63, 3.8) is 0 Å². The Labute approximate surface area is 174 Å². The Hall–Kier alpha value is -1.67. The van der Waals surface area contributed by atoms with Gasteiger partial charge in [0.2, 0.25) is 0 Å². The Bertz CT molecular complexity index is 689. The standard InChI is InChI=1S/C21H37N7O/c1-18-24-25-19(26(18)2)16-23-20(22-9-11-27-12-14-29-15-13-27)28-10-8-21(17-28)6-4-3-5-7-21/h3-17H2,1-2H3,(H,22,23). The largest absolute Gasteiger partial charge is 0.379 e. The molecule has 8 nitrogen and oxygen atoms in total. The monoisotopic (exact) mass is 403 g/mol. The van der Waals surface area contributed by atoms with Crippen molar-refractivity contribution in [2.75, 3.05) is 52.5 Å². The first kappa shape index (κ1) is 20.6. The van der Waals surface area contributed by atoms with Gasteiger partial charge in [0.05, 0.1) is 13.2 Å². The number of guanidine groups is 1. The molecule has 0 radical (unpaired) electrons. The molecule has 2 saturated heterocycles. The van der Waals surface area contributed by atoms with E-state index >= 15 is 0 Å². The van der Waals surface area contributed by atoms with Crippen LogP contribution >= 0.6 is 0 Å². The number of aliphatic imine (C=N–C) groups is 1. The zero-order valence-electron chi connectivity index (χ0n) is 18.2. The zero-order chi connectivity index (χ0) is 20.1. The summed E-state index contributed by atoms with van der Waals surface area (Å²) < 4.78 is 7.49. The van der Waals surface area contributed by atoms with Crippen LogP contribution in [-0.4, -0.2) is 83.0 Å². The number of aryl methyl sites for hydroxylation is 1. The van der Waals surface area contributed by atoms with Gasteiger partial charge < -0.3 is 19.5 Å². The van der Waals surface area contributed by atoms with E-state index in [0.29, 0.717) is 12.0 Å². The number of likely N-dealkylation sites (tertiary alicyclic amines) is 1. The summed E-state index contributed by atoms with van der Waals surface area (Å²) in [7, 11) is 2.01. The third kappa shape index (κ3) is 5.09. The molecule has 0 aromatic carbocycles. The maximum Gasteiger partial charge on any atom is 0.194 e. The van der Waals surface area contributed by atoms with E-state index in [1.165, 1.54) is 38.5 Å². The molecule has 3 aliphatic rings. The van der Waals surface area contributed by atoms with Crippen molar-refractivity contribution in [3.05, 3.63) is 11.6 Å². The molecule has 29 heavy (non-hydrogen) atoms. The van der Waals surface area contributed by atoms with Crippen LogP contribution in [0.3, 0.4) is 0 Å². The molecule has 1 aliphatic carbocycles. The first-order valence-corrected chi connectivity index (χ1v) is 11.3. The van der Waals surface area contributed by atoms with Gasteiger partial charge in [0.25, 0.3) is 0 Å². The summed E-state index contributed by atoms with van der Waals surface area (Å²) in [5, 5.41) is 12.1. The number of nitrogens with zero attached hydrogens (tertiary/aromatic N) is 6. The van der Waals surface area contributed by atoms with E-state index in [0.717, 1.165) is 70.1 Å². The van der Waals surface area contributed by atoms with Gasteiger partial charge in [0, 0.05) is 46.3 Å². The van der Waals surface area contributed by atoms with Crippen molar-refractivity contribution in [1.29, 1.82) is 0 Å². The Morgan fingerprint density at radius 2 is 1.90 bits per heavy atom. The van der Waals surface area contributed by atoms with E-state index in [-0.39, 0.29) is 0 Å². The predicted molar refractivity (Wildman–Crippen MR) is 114 cm³/mol. The fourth-order valence-corrected chi connectivity index (χ4v) is 4.98. The van der Waals surface area contributed by atoms with Gasteiger partial charge in [-0.1, -0.05) is 19.3 Å². The highest BCUT2D eigenvalue weighted by Gasteiger charge is 2.39. The number of nitrogens with one attached hydrogen (secondary N) is 1. The van der Waals surface area contributed by atoms with E-state index in [1.54, 1.807) is 0 Å². The summed E-state index contributed by atoms with van der Waals surface area (Å²) in [6, 6.07) is 0. The molecule has 2 aliphatic heterocycles. The Morgan fingerprint density at radius 3 is 2.62 bits per heavy atom. The average Bonchev–Trinajstić information content (AvgIpc) is 3.30. The lowest BCUT2D eigenvalue weighted by Gasteiger charge is -2.34. The predicted octanol–water partition coefficient (Wildman–Crippen LogP) is 1.56. The maximum absolute atomic E-state index is 5.46. The van der Waals surface area contributed by atoms with Crippen molar-refractivity contribution in [2.24, 2.45) is 17.5 Å². The summed E-state index contributed by atoms with van der Waals surface area (Å²) in [5.41, 5.74) is 0.520. The first-order chi connectivity index (χ1) is 14.2. The van der Waals surface area contributed by atoms with Crippen LogP contribution in [0.1, 0.15) is 50.2 Å². The van der Waals surface area contributed by atoms with Crippen molar-refractivity contribution in [2.45, 2.75) is 52.0 Å². The first-order valence-electron chi connectivity index (χ1n) is 11.3. The molecule has 4 rings (SSSR count). The minimum absolute atomic E-state index is 0.520. The van der Waals surface area contributed by atoms with Crippen molar-refractivity contribution in [3.8, 4) is 0 Å². The van der Waals surface area contributed by atoms with Gasteiger partial charge in [0.15, 0.2) is 11.8 Å². The molecule has 1 spiro atoms. The normalized spacial score (nSPS) is 23.1. The SMILES string of the molecule is Cc1nnc(CN=C(NCCN2CCOCC2)N2CCC3(CCCCC3)C2)n1C. The van der Waals surface area contributed by atoms with Crippen molar-refractivity contribution in [1.82, 2.24) is 29.9 Å². The summed E-state index contributed by atoms with van der Waals surface area (Å²) in [4.78, 5) is 9.93. The second-order valence-electron chi connectivity index (χ2n) is 8.98. The fourth-order valence-electron chi connectivity index (χ4n) is 4.98. The molecule has 3 heterocycles. The number of rotatable bonds is 5. The third-order valence-corrected chi connectivity index (χ3v) is 7.02. The second-order valence-corrected chi connectivity index (χ2v) is 8.98. The molecule has 0 bridgehead atoms. The number of hydrogen-bond donors (Lipinski definition) is 1. The molecule has 0 amide bonds. The van der Waals surface area contributed by atoms with Crippen molar-refractivity contribution >= 4 is 5.96 Å². The number of ether oxygens (including phenoxy) is 1. The third-order valence-electron chi connectivity index (χ3n) is 7.02. The molecule has 0 atom stereocenters. The lowest BCUT2D eigenvalue weighted by atomic mass is 9.73. The Kier molecular flexibility index (Phi) is 6.70. The molecule has 3 fully saturated rings. The molecule has 8 heteroatoms. The van der Waals surface area contributed by atoms with Crippen molar-refractivity contribution < 1.29 is 4.74 Å². The Balaban J connectivity index is 1.40. The van der Waals surface area contributed by atoms with E-state index in [2.05, 4.69) is 25.3 Å². The highest BCUT2D eigenvalue weighted by atomic mass is 16.5. The number of aromatic nitrogens is 3. The molecule has 1 aromatic rings. The summed E-state index contributed by atoms with van der Waals surface area (Å²) >= 11 is 0. The van der Waals surface area contributed by atoms with Crippen LogP contribution < -0.4 is 5.32 Å².